The van der Waals surface area contributed by atoms with Gasteiger partial charge >= 0.3 is 12.5 Å². The van der Waals surface area contributed by atoms with E-state index < -0.39 is 47.3 Å². The number of carbonyl (C=O) groups excluding carboxylic acids is 1. The zero-order valence-corrected chi connectivity index (χ0v) is 18.5. The molecular weight excluding hydrogens is 487 g/mol. The monoisotopic (exact) mass is 505 g/mol. The first kappa shape index (κ1) is 24.5. The molecule has 3 heterocycles. The molecule has 1 aliphatic rings. The van der Waals surface area contributed by atoms with Gasteiger partial charge in [0.1, 0.15) is 0 Å². The second-order valence-corrected chi connectivity index (χ2v) is 7.96. The van der Waals surface area contributed by atoms with Crippen LogP contribution < -0.4 is 4.74 Å². The maximum absolute atomic E-state index is 14.7. The molecular formula is C21H18F7N5O2. The Bertz CT molecular complexity index is 1290. The first-order valence-corrected chi connectivity index (χ1v) is 10.2. The van der Waals surface area contributed by atoms with Crippen LogP contribution in [0.2, 0.25) is 0 Å². The minimum atomic E-state index is -5.14. The van der Waals surface area contributed by atoms with Crippen LogP contribution in [0.25, 0.3) is 11.4 Å². The Kier molecular flexibility index (Phi) is 5.80. The first-order chi connectivity index (χ1) is 16.2. The molecule has 0 bridgehead atoms. The van der Waals surface area contributed by atoms with Crippen LogP contribution in [0.15, 0.2) is 24.3 Å². The third kappa shape index (κ3) is 4.44. The van der Waals surface area contributed by atoms with E-state index in [0.717, 1.165) is 28.9 Å². The topological polar surface area (TPSA) is 65.2 Å². The Morgan fingerprint density at radius 1 is 1.09 bits per heavy atom. The number of hydrogen-bond donors (Lipinski definition) is 0. The smallest absolute Gasteiger partial charge is 0.403 e. The van der Waals surface area contributed by atoms with Crippen molar-refractivity contribution in [2.75, 3.05) is 6.54 Å². The second-order valence-electron chi connectivity index (χ2n) is 7.96. The van der Waals surface area contributed by atoms with E-state index in [2.05, 4.69) is 14.9 Å². The highest BCUT2D eigenvalue weighted by molar-refractivity contribution is 5.95. The molecule has 14 heteroatoms. The van der Waals surface area contributed by atoms with Crippen molar-refractivity contribution in [1.82, 2.24) is 24.5 Å². The summed E-state index contributed by atoms with van der Waals surface area (Å²) in [5.41, 5.74) is -0.156. The predicted molar refractivity (Wildman–Crippen MR) is 107 cm³/mol. The van der Waals surface area contributed by atoms with Gasteiger partial charge in [0, 0.05) is 26.2 Å². The molecule has 1 aliphatic heterocycles. The fourth-order valence-corrected chi connectivity index (χ4v) is 4.20. The van der Waals surface area contributed by atoms with Crippen molar-refractivity contribution in [3.63, 3.8) is 0 Å². The van der Waals surface area contributed by atoms with Crippen LogP contribution in [0.5, 0.6) is 5.75 Å². The van der Waals surface area contributed by atoms with Crippen molar-refractivity contribution in [2.45, 2.75) is 31.9 Å². The summed E-state index contributed by atoms with van der Waals surface area (Å²) in [5.74, 6) is -3.46. The third-order valence-corrected chi connectivity index (χ3v) is 5.74. The number of aryl methyl sites for hydroxylation is 2. The van der Waals surface area contributed by atoms with E-state index in [1.165, 1.54) is 23.7 Å². The van der Waals surface area contributed by atoms with Crippen LogP contribution in [0.3, 0.4) is 0 Å². The molecule has 0 N–H and O–H groups in total. The van der Waals surface area contributed by atoms with Crippen LogP contribution in [0.1, 0.15) is 40.3 Å². The van der Waals surface area contributed by atoms with Gasteiger partial charge in [-0.05, 0) is 31.5 Å². The van der Waals surface area contributed by atoms with Gasteiger partial charge in [-0.15, -0.1) is 13.2 Å². The van der Waals surface area contributed by atoms with Crippen LogP contribution >= 0.6 is 0 Å². The van der Waals surface area contributed by atoms with Gasteiger partial charge < -0.3 is 9.64 Å². The van der Waals surface area contributed by atoms with E-state index in [0.29, 0.717) is 17.0 Å². The molecule has 0 radical (unpaired) electrons. The number of benzene rings is 1. The summed E-state index contributed by atoms with van der Waals surface area (Å²) in [6.45, 7) is 1.62. The summed E-state index contributed by atoms with van der Waals surface area (Å²) in [6, 6.07) is 3.03. The lowest BCUT2D eigenvalue weighted by molar-refractivity contribution is -0.275. The Balaban J connectivity index is 1.68. The van der Waals surface area contributed by atoms with E-state index in [-0.39, 0.29) is 18.7 Å². The highest BCUT2D eigenvalue weighted by Crippen LogP contribution is 2.38. The van der Waals surface area contributed by atoms with Gasteiger partial charge in [-0.3, -0.25) is 14.2 Å². The number of halogens is 7. The van der Waals surface area contributed by atoms with Crippen molar-refractivity contribution in [3.05, 3.63) is 52.6 Å². The van der Waals surface area contributed by atoms with Gasteiger partial charge in [0.15, 0.2) is 17.3 Å². The van der Waals surface area contributed by atoms with Gasteiger partial charge in [0.25, 0.3) is 5.91 Å². The molecule has 35 heavy (non-hydrogen) atoms. The average molecular weight is 505 g/mol. The summed E-state index contributed by atoms with van der Waals surface area (Å²) in [7, 11) is 2.90. The Morgan fingerprint density at radius 3 is 2.37 bits per heavy atom. The molecule has 3 aromatic rings. The molecule has 0 fully saturated rings. The zero-order valence-electron chi connectivity index (χ0n) is 18.5. The van der Waals surface area contributed by atoms with Gasteiger partial charge in [-0.1, -0.05) is 6.07 Å². The van der Waals surface area contributed by atoms with Crippen molar-refractivity contribution in [3.8, 4) is 17.1 Å². The molecule has 2 aromatic heterocycles. The number of amides is 1. The minimum Gasteiger partial charge on any atom is -0.403 e. The lowest BCUT2D eigenvalue weighted by Gasteiger charge is -2.33. The number of alkyl halides is 6. The molecule has 0 saturated carbocycles. The number of aromatic nitrogens is 4. The van der Waals surface area contributed by atoms with Crippen LogP contribution in [0.4, 0.5) is 30.7 Å². The summed E-state index contributed by atoms with van der Waals surface area (Å²) in [6.07, 6.45) is -9.61. The third-order valence-electron chi connectivity index (χ3n) is 5.74. The van der Waals surface area contributed by atoms with Crippen LogP contribution in [-0.2, 0) is 26.7 Å². The van der Waals surface area contributed by atoms with Gasteiger partial charge in [-0.2, -0.15) is 23.4 Å². The van der Waals surface area contributed by atoms with E-state index in [9.17, 15) is 35.5 Å². The summed E-state index contributed by atoms with van der Waals surface area (Å²) in [5, 5.41) is 7.89. The largest absolute Gasteiger partial charge is 0.573 e. The van der Waals surface area contributed by atoms with Gasteiger partial charge in [-0.25, -0.2) is 4.39 Å². The molecule has 188 valence electrons. The number of ether oxygens (including phenoxy) is 1. The molecule has 1 amide bonds. The Labute approximate surface area is 193 Å². The van der Waals surface area contributed by atoms with Crippen LogP contribution in [0, 0.1) is 5.82 Å². The fourth-order valence-electron chi connectivity index (χ4n) is 4.20. The van der Waals surface area contributed by atoms with Crippen molar-refractivity contribution < 1.29 is 40.3 Å². The van der Waals surface area contributed by atoms with Crippen molar-refractivity contribution >= 4 is 5.91 Å². The Morgan fingerprint density at radius 2 is 1.77 bits per heavy atom. The standard InChI is InChI=1S/C21H18F7N5O2/c1-10-17-12(18(32(3)30-17)13-9-15(20(23,24)25)29-31(13)2)7-8-33(10)19(34)11-5-4-6-14(16(11)22)35-21(26,27)28/h4-6,9-10H,7-8H2,1-3H3/t10-/m0/s1. The van der Waals surface area contributed by atoms with E-state index in [1.54, 1.807) is 6.92 Å². The molecule has 1 aromatic carbocycles. The highest BCUT2D eigenvalue weighted by atomic mass is 19.4. The van der Waals surface area contributed by atoms with Gasteiger partial charge in [0.05, 0.1) is 28.7 Å². The lowest BCUT2D eigenvalue weighted by atomic mass is 9.96. The summed E-state index contributed by atoms with van der Waals surface area (Å²) >= 11 is 0. The predicted octanol–water partition coefficient (Wildman–Crippen LogP) is 4.64. The number of carbonyl (C=O) groups is 1. The average Bonchev–Trinajstić information content (AvgIpc) is 3.28. The minimum absolute atomic E-state index is 0.0273. The van der Waals surface area contributed by atoms with E-state index in [1.807, 2.05) is 0 Å². The normalized spacial score (nSPS) is 16.4. The number of hydrogen-bond acceptors (Lipinski definition) is 4. The first-order valence-electron chi connectivity index (χ1n) is 10.2. The summed E-state index contributed by atoms with van der Waals surface area (Å²) in [4.78, 5) is 14.3. The van der Waals surface area contributed by atoms with E-state index >= 15 is 0 Å². The maximum Gasteiger partial charge on any atom is 0.573 e. The number of fused-ring (bicyclic) bond motifs is 1. The zero-order chi connectivity index (χ0) is 25.9. The number of nitrogens with zero attached hydrogens (tertiary/aromatic N) is 5. The SMILES string of the molecule is C[C@H]1c2nn(C)c(-c3cc(C(F)(F)F)nn3C)c2CCN1C(=O)c1cccc(OC(F)(F)F)c1F. The van der Waals surface area contributed by atoms with Crippen molar-refractivity contribution in [1.29, 1.82) is 0 Å². The Hall–Kier alpha value is -3.58. The lowest BCUT2D eigenvalue weighted by Crippen LogP contribution is -2.39. The fraction of sp³-hybridized carbons (Fsp3) is 0.381. The molecule has 7 nitrogen and oxygen atoms in total. The highest BCUT2D eigenvalue weighted by Gasteiger charge is 2.39. The molecule has 1 atom stereocenters. The molecule has 0 saturated heterocycles. The molecule has 0 unspecified atom stereocenters. The van der Waals surface area contributed by atoms with Crippen molar-refractivity contribution in [2.24, 2.45) is 14.1 Å². The molecule has 4 rings (SSSR count). The second kappa shape index (κ2) is 8.27. The van der Waals surface area contributed by atoms with Crippen LogP contribution in [-0.4, -0.2) is 43.3 Å². The number of rotatable bonds is 3. The van der Waals surface area contributed by atoms with E-state index in [4.69, 9.17) is 0 Å². The quantitative estimate of drug-likeness (QED) is 0.487. The van der Waals surface area contributed by atoms with Gasteiger partial charge in [0.2, 0.25) is 0 Å². The molecule has 0 aliphatic carbocycles. The summed E-state index contributed by atoms with van der Waals surface area (Å²) < 4.78 is 97.8. The maximum atomic E-state index is 14.7. The molecule has 0 spiro atoms.